The van der Waals surface area contributed by atoms with E-state index in [1.807, 2.05) is 31.7 Å². The van der Waals surface area contributed by atoms with Gasteiger partial charge in [0.1, 0.15) is 23.0 Å². The summed E-state index contributed by atoms with van der Waals surface area (Å²) in [4.78, 5) is 12.0. The van der Waals surface area contributed by atoms with Crippen LogP contribution in [0.15, 0.2) is 43.1 Å². The van der Waals surface area contributed by atoms with Crippen LogP contribution in [0.25, 0.3) is 28.0 Å². The summed E-state index contributed by atoms with van der Waals surface area (Å²) in [6.45, 7) is 4.36. The molecular weight excluding hydrogens is 388 g/mol. The molecule has 0 amide bonds. The standard InChI is InChI=1S/C23H24N8/c1-3-16-5-4-8-30(13-16)21-7-6-17(10-25-21)22-23-18(9-24)11-27-31(23)15-20(28-22)19-12-26-29(2)14-19/h6-7,10-12,14-16H,3-5,8,13H2,1-2H3/t16-/m0/s1. The molecule has 0 aliphatic carbocycles. The number of aromatic nitrogens is 6. The second kappa shape index (κ2) is 7.84. The number of hydrogen-bond donors (Lipinski definition) is 0. The van der Waals surface area contributed by atoms with Crippen molar-refractivity contribution >= 4 is 11.3 Å². The van der Waals surface area contributed by atoms with Gasteiger partial charge in [-0.25, -0.2) is 14.5 Å². The molecule has 1 aliphatic heterocycles. The highest BCUT2D eigenvalue weighted by atomic mass is 15.2. The predicted molar refractivity (Wildman–Crippen MR) is 118 cm³/mol. The summed E-state index contributed by atoms with van der Waals surface area (Å²) in [6, 6.07) is 6.33. The zero-order valence-corrected chi connectivity index (χ0v) is 17.7. The van der Waals surface area contributed by atoms with Crippen LogP contribution < -0.4 is 4.90 Å². The average Bonchev–Trinajstić information content (AvgIpc) is 3.44. The van der Waals surface area contributed by atoms with Gasteiger partial charge in [-0.2, -0.15) is 15.5 Å². The summed E-state index contributed by atoms with van der Waals surface area (Å²) < 4.78 is 3.46. The molecule has 4 aromatic heterocycles. The summed E-state index contributed by atoms with van der Waals surface area (Å²) in [5.74, 6) is 1.73. The third kappa shape index (κ3) is 3.52. The molecule has 0 N–H and O–H groups in total. The first kappa shape index (κ1) is 19.2. The third-order valence-electron chi connectivity index (χ3n) is 6.06. The fourth-order valence-electron chi connectivity index (χ4n) is 4.31. The largest absolute Gasteiger partial charge is 0.356 e. The average molecular weight is 413 g/mol. The van der Waals surface area contributed by atoms with Crippen molar-refractivity contribution in [2.24, 2.45) is 13.0 Å². The zero-order chi connectivity index (χ0) is 21.4. The Labute approximate surface area is 180 Å². The SMILES string of the molecule is CC[C@H]1CCCN(c2ccc(-c3nc(-c4cnn(C)c4)cn4ncc(C#N)c34)cn2)C1. The monoisotopic (exact) mass is 412 g/mol. The Hall–Kier alpha value is -3.73. The van der Waals surface area contributed by atoms with Crippen molar-refractivity contribution in [2.75, 3.05) is 18.0 Å². The number of anilines is 1. The number of nitriles is 1. The van der Waals surface area contributed by atoms with Gasteiger partial charge in [0.15, 0.2) is 0 Å². The van der Waals surface area contributed by atoms with E-state index in [1.54, 1.807) is 21.6 Å². The van der Waals surface area contributed by atoms with Crippen LogP contribution in [0.4, 0.5) is 5.82 Å². The Morgan fingerprint density at radius 3 is 2.74 bits per heavy atom. The van der Waals surface area contributed by atoms with Crippen LogP contribution in [0.5, 0.6) is 0 Å². The highest BCUT2D eigenvalue weighted by Crippen LogP contribution is 2.30. The normalized spacial score (nSPS) is 16.5. The van der Waals surface area contributed by atoms with E-state index in [0.717, 1.165) is 41.6 Å². The van der Waals surface area contributed by atoms with E-state index in [4.69, 9.17) is 9.97 Å². The van der Waals surface area contributed by atoms with Crippen molar-refractivity contribution < 1.29 is 0 Å². The van der Waals surface area contributed by atoms with Crippen molar-refractivity contribution in [3.05, 3.63) is 48.7 Å². The Kier molecular flexibility index (Phi) is 4.86. The minimum absolute atomic E-state index is 0.492. The van der Waals surface area contributed by atoms with Crippen molar-refractivity contribution in [3.63, 3.8) is 0 Å². The van der Waals surface area contributed by atoms with Crippen LogP contribution in [-0.4, -0.2) is 42.5 Å². The van der Waals surface area contributed by atoms with Gasteiger partial charge >= 0.3 is 0 Å². The summed E-state index contributed by atoms with van der Waals surface area (Å²) >= 11 is 0. The highest BCUT2D eigenvalue weighted by molar-refractivity contribution is 5.83. The molecule has 31 heavy (non-hydrogen) atoms. The minimum Gasteiger partial charge on any atom is -0.356 e. The zero-order valence-electron chi connectivity index (χ0n) is 17.7. The number of hydrogen-bond acceptors (Lipinski definition) is 6. The van der Waals surface area contributed by atoms with Crippen LogP contribution >= 0.6 is 0 Å². The van der Waals surface area contributed by atoms with E-state index in [0.29, 0.717) is 16.8 Å². The molecule has 4 aromatic rings. The van der Waals surface area contributed by atoms with Gasteiger partial charge in [-0.05, 0) is 30.9 Å². The fraction of sp³-hybridized carbons (Fsp3) is 0.348. The van der Waals surface area contributed by atoms with Gasteiger partial charge in [0, 0.05) is 43.7 Å². The molecule has 0 saturated carbocycles. The topological polar surface area (TPSA) is 87.9 Å². The summed E-state index contributed by atoms with van der Waals surface area (Å²) in [5, 5.41) is 18.2. The van der Waals surface area contributed by atoms with Gasteiger partial charge in [-0.1, -0.05) is 13.3 Å². The molecule has 0 bridgehead atoms. The summed E-state index contributed by atoms with van der Waals surface area (Å²) in [7, 11) is 1.87. The van der Waals surface area contributed by atoms with Crippen molar-refractivity contribution in [2.45, 2.75) is 26.2 Å². The number of aryl methyl sites for hydroxylation is 1. The molecule has 156 valence electrons. The van der Waals surface area contributed by atoms with Gasteiger partial charge in [-0.3, -0.25) is 4.68 Å². The van der Waals surface area contributed by atoms with Crippen molar-refractivity contribution in [1.29, 1.82) is 5.26 Å². The maximum Gasteiger partial charge on any atom is 0.128 e. The van der Waals surface area contributed by atoms with E-state index in [1.165, 1.54) is 19.3 Å². The number of rotatable bonds is 4. The lowest BCUT2D eigenvalue weighted by molar-refractivity contribution is 0.403. The van der Waals surface area contributed by atoms with Gasteiger partial charge in [0.25, 0.3) is 0 Å². The van der Waals surface area contributed by atoms with Crippen molar-refractivity contribution in [3.8, 4) is 28.6 Å². The summed E-state index contributed by atoms with van der Waals surface area (Å²) in [5.41, 5.74) is 4.37. The lowest BCUT2D eigenvalue weighted by atomic mass is 9.96. The lowest BCUT2D eigenvalue weighted by Crippen LogP contribution is -2.35. The number of fused-ring (bicyclic) bond motifs is 1. The molecule has 5 heterocycles. The predicted octanol–water partition coefficient (Wildman–Crippen LogP) is 3.69. The van der Waals surface area contributed by atoms with Gasteiger partial charge < -0.3 is 4.90 Å². The molecule has 0 unspecified atom stereocenters. The Balaban J connectivity index is 1.57. The van der Waals surface area contributed by atoms with Gasteiger partial charge in [0.2, 0.25) is 0 Å². The summed E-state index contributed by atoms with van der Waals surface area (Å²) in [6.07, 6.45) is 12.7. The Bertz CT molecular complexity index is 1260. The van der Waals surface area contributed by atoms with Gasteiger partial charge in [0.05, 0.1) is 30.0 Å². The number of nitrogens with zero attached hydrogens (tertiary/aromatic N) is 8. The fourth-order valence-corrected chi connectivity index (χ4v) is 4.31. The van der Waals surface area contributed by atoms with Crippen LogP contribution in [0.3, 0.4) is 0 Å². The van der Waals surface area contributed by atoms with Crippen LogP contribution in [0, 0.1) is 17.2 Å². The molecule has 0 spiro atoms. The van der Waals surface area contributed by atoms with E-state index in [-0.39, 0.29) is 0 Å². The smallest absolute Gasteiger partial charge is 0.128 e. The molecule has 5 rings (SSSR count). The molecule has 8 heteroatoms. The first-order valence-corrected chi connectivity index (χ1v) is 10.6. The third-order valence-corrected chi connectivity index (χ3v) is 6.06. The highest BCUT2D eigenvalue weighted by Gasteiger charge is 2.20. The van der Waals surface area contributed by atoms with Crippen LogP contribution in [0.1, 0.15) is 31.7 Å². The first-order chi connectivity index (χ1) is 15.2. The maximum absolute atomic E-state index is 9.58. The lowest BCUT2D eigenvalue weighted by Gasteiger charge is -2.33. The first-order valence-electron chi connectivity index (χ1n) is 10.6. The molecule has 8 nitrogen and oxygen atoms in total. The van der Waals surface area contributed by atoms with E-state index < -0.39 is 0 Å². The molecule has 0 radical (unpaired) electrons. The molecule has 1 saturated heterocycles. The number of piperidine rings is 1. The molecule has 0 aromatic carbocycles. The van der Waals surface area contributed by atoms with Crippen LogP contribution in [-0.2, 0) is 7.05 Å². The van der Waals surface area contributed by atoms with Crippen LogP contribution in [0.2, 0.25) is 0 Å². The molecule has 1 fully saturated rings. The Morgan fingerprint density at radius 1 is 1.13 bits per heavy atom. The van der Waals surface area contributed by atoms with E-state index >= 15 is 0 Å². The number of pyridine rings is 1. The van der Waals surface area contributed by atoms with Crippen molar-refractivity contribution in [1.82, 2.24) is 29.4 Å². The molecule has 1 atom stereocenters. The van der Waals surface area contributed by atoms with Gasteiger partial charge in [-0.15, -0.1) is 0 Å². The maximum atomic E-state index is 9.58. The van der Waals surface area contributed by atoms with E-state index in [9.17, 15) is 5.26 Å². The molecular formula is C23H24N8. The Morgan fingerprint density at radius 2 is 2.03 bits per heavy atom. The second-order valence-corrected chi connectivity index (χ2v) is 8.11. The minimum atomic E-state index is 0.492. The van der Waals surface area contributed by atoms with E-state index in [2.05, 4.69) is 34.2 Å². The molecule has 1 aliphatic rings. The quantitative estimate of drug-likeness (QED) is 0.508. The second-order valence-electron chi connectivity index (χ2n) is 8.11.